The maximum absolute atomic E-state index is 10.8. The SMILES string of the molecule is CC1(C)CCc2cc(C(N)C(=O)O)ccc2O1. The predicted molar refractivity (Wildman–Crippen MR) is 64.0 cm³/mol. The molecule has 4 nitrogen and oxygen atoms in total. The van der Waals surface area contributed by atoms with Crippen molar-refractivity contribution in [2.75, 3.05) is 0 Å². The lowest BCUT2D eigenvalue weighted by Gasteiger charge is -2.32. The predicted octanol–water partition coefficient (Wildman–Crippen LogP) is 1.87. The molecule has 0 amide bonds. The summed E-state index contributed by atoms with van der Waals surface area (Å²) in [7, 11) is 0. The zero-order valence-corrected chi connectivity index (χ0v) is 10.1. The summed E-state index contributed by atoms with van der Waals surface area (Å²) in [6.45, 7) is 4.10. The van der Waals surface area contributed by atoms with Crippen molar-refractivity contribution in [1.29, 1.82) is 0 Å². The molecule has 0 fully saturated rings. The van der Waals surface area contributed by atoms with Crippen molar-refractivity contribution >= 4 is 5.97 Å². The highest BCUT2D eigenvalue weighted by molar-refractivity contribution is 5.75. The van der Waals surface area contributed by atoms with Crippen LogP contribution in [0, 0.1) is 0 Å². The number of ether oxygens (including phenoxy) is 1. The van der Waals surface area contributed by atoms with Gasteiger partial charge in [0.2, 0.25) is 0 Å². The highest BCUT2D eigenvalue weighted by Crippen LogP contribution is 2.34. The van der Waals surface area contributed by atoms with Crippen LogP contribution in [-0.2, 0) is 11.2 Å². The van der Waals surface area contributed by atoms with E-state index in [4.69, 9.17) is 15.6 Å². The summed E-state index contributed by atoms with van der Waals surface area (Å²) in [6, 6.07) is 4.41. The standard InChI is InChI=1S/C13H17NO3/c1-13(2)6-5-8-7-9(11(14)12(15)16)3-4-10(8)17-13/h3-4,7,11H,5-6,14H2,1-2H3,(H,15,16). The van der Waals surface area contributed by atoms with Crippen LogP contribution in [0.2, 0.25) is 0 Å². The summed E-state index contributed by atoms with van der Waals surface area (Å²) in [5.41, 5.74) is 7.10. The van der Waals surface area contributed by atoms with E-state index in [9.17, 15) is 4.79 Å². The van der Waals surface area contributed by atoms with Crippen LogP contribution < -0.4 is 10.5 Å². The topological polar surface area (TPSA) is 72.6 Å². The third-order valence-corrected chi connectivity index (χ3v) is 3.09. The summed E-state index contributed by atoms with van der Waals surface area (Å²) in [5, 5.41) is 8.87. The van der Waals surface area contributed by atoms with Crippen LogP contribution in [0.5, 0.6) is 5.75 Å². The quantitative estimate of drug-likeness (QED) is 0.820. The lowest BCUT2D eigenvalue weighted by Crippen LogP contribution is -2.32. The number of fused-ring (bicyclic) bond motifs is 1. The van der Waals surface area contributed by atoms with Gasteiger partial charge in [-0.05, 0) is 49.9 Å². The van der Waals surface area contributed by atoms with E-state index in [1.807, 2.05) is 26.0 Å². The molecule has 0 aliphatic carbocycles. The molecule has 0 radical (unpaired) electrons. The summed E-state index contributed by atoms with van der Waals surface area (Å²) in [5.74, 6) is -0.176. The van der Waals surface area contributed by atoms with Crippen molar-refractivity contribution in [2.24, 2.45) is 5.73 Å². The second kappa shape index (κ2) is 4.04. The zero-order valence-electron chi connectivity index (χ0n) is 10.1. The third kappa shape index (κ3) is 2.42. The van der Waals surface area contributed by atoms with Gasteiger partial charge < -0.3 is 15.6 Å². The van der Waals surface area contributed by atoms with Gasteiger partial charge in [-0.1, -0.05) is 6.07 Å². The maximum atomic E-state index is 10.8. The molecule has 17 heavy (non-hydrogen) atoms. The van der Waals surface area contributed by atoms with Gasteiger partial charge in [0.05, 0.1) is 0 Å². The van der Waals surface area contributed by atoms with Crippen molar-refractivity contribution in [1.82, 2.24) is 0 Å². The van der Waals surface area contributed by atoms with E-state index in [0.29, 0.717) is 5.56 Å². The smallest absolute Gasteiger partial charge is 0.325 e. The van der Waals surface area contributed by atoms with Crippen molar-refractivity contribution < 1.29 is 14.6 Å². The largest absolute Gasteiger partial charge is 0.488 e. The molecule has 0 spiro atoms. The van der Waals surface area contributed by atoms with Gasteiger partial charge in [0.15, 0.2) is 0 Å². The van der Waals surface area contributed by atoms with Gasteiger partial charge in [0, 0.05) is 0 Å². The molecule has 1 heterocycles. The number of carboxylic acid groups (broad SMARTS) is 1. The Balaban J connectivity index is 2.30. The molecule has 1 unspecified atom stereocenters. The molecule has 1 aromatic carbocycles. The molecule has 92 valence electrons. The van der Waals surface area contributed by atoms with Crippen molar-refractivity contribution in [2.45, 2.75) is 38.3 Å². The van der Waals surface area contributed by atoms with E-state index >= 15 is 0 Å². The van der Waals surface area contributed by atoms with E-state index in [2.05, 4.69) is 0 Å². The van der Waals surface area contributed by atoms with Gasteiger partial charge in [-0.3, -0.25) is 4.79 Å². The fraction of sp³-hybridized carbons (Fsp3) is 0.462. The van der Waals surface area contributed by atoms with Gasteiger partial charge in [-0.15, -0.1) is 0 Å². The highest BCUT2D eigenvalue weighted by atomic mass is 16.5. The minimum absolute atomic E-state index is 0.149. The van der Waals surface area contributed by atoms with Crippen LogP contribution in [0.3, 0.4) is 0 Å². The number of carboxylic acids is 1. The monoisotopic (exact) mass is 235 g/mol. The summed E-state index contributed by atoms with van der Waals surface area (Å²) >= 11 is 0. The minimum Gasteiger partial charge on any atom is -0.488 e. The van der Waals surface area contributed by atoms with E-state index in [1.165, 1.54) is 0 Å². The summed E-state index contributed by atoms with van der Waals surface area (Å²) < 4.78 is 5.83. The molecule has 0 aromatic heterocycles. The number of carbonyl (C=O) groups is 1. The van der Waals surface area contributed by atoms with Crippen LogP contribution in [-0.4, -0.2) is 16.7 Å². The molecule has 1 aliphatic rings. The number of hydrogen-bond acceptors (Lipinski definition) is 3. The van der Waals surface area contributed by atoms with Crippen molar-refractivity contribution in [3.63, 3.8) is 0 Å². The van der Waals surface area contributed by atoms with Crippen LogP contribution in [0.4, 0.5) is 0 Å². The molecular formula is C13H17NO3. The van der Waals surface area contributed by atoms with Crippen LogP contribution in [0.15, 0.2) is 18.2 Å². The first-order chi connectivity index (χ1) is 7.89. The molecular weight excluding hydrogens is 218 g/mol. The van der Waals surface area contributed by atoms with E-state index in [-0.39, 0.29) is 5.60 Å². The van der Waals surface area contributed by atoms with E-state index in [1.54, 1.807) is 6.07 Å². The molecule has 4 heteroatoms. The lowest BCUT2D eigenvalue weighted by atomic mass is 9.92. The Kier molecular flexibility index (Phi) is 2.83. The molecule has 1 aromatic rings. The Morgan fingerprint density at radius 1 is 1.53 bits per heavy atom. The first-order valence-corrected chi connectivity index (χ1v) is 5.69. The normalized spacial score (nSPS) is 19.0. The van der Waals surface area contributed by atoms with Gasteiger partial charge in [0.1, 0.15) is 17.4 Å². The van der Waals surface area contributed by atoms with Gasteiger partial charge in [-0.2, -0.15) is 0 Å². The van der Waals surface area contributed by atoms with Crippen molar-refractivity contribution in [3.8, 4) is 5.75 Å². The second-order valence-corrected chi connectivity index (χ2v) is 5.04. The number of hydrogen-bond donors (Lipinski definition) is 2. The second-order valence-electron chi connectivity index (χ2n) is 5.04. The zero-order chi connectivity index (χ0) is 12.6. The van der Waals surface area contributed by atoms with Crippen molar-refractivity contribution in [3.05, 3.63) is 29.3 Å². The fourth-order valence-corrected chi connectivity index (χ4v) is 2.01. The molecule has 0 bridgehead atoms. The maximum Gasteiger partial charge on any atom is 0.325 e. The van der Waals surface area contributed by atoms with Gasteiger partial charge in [0.25, 0.3) is 0 Å². The Morgan fingerprint density at radius 3 is 2.88 bits per heavy atom. The number of benzene rings is 1. The molecule has 0 saturated carbocycles. The first-order valence-electron chi connectivity index (χ1n) is 5.69. The molecule has 1 atom stereocenters. The fourth-order valence-electron chi connectivity index (χ4n) is 2.01. The third-order valence-electron chi connectivity index (χ3n) is 3.09. The number of rotatable bonds is 2. The highest BCUT2D eigenvalue weighted by Gasteiger charge is 2.27. The Labute approximate surface area is 100 Å². The van der Waals surface area contributed by atoms with Crippen LogP contribution in [0.25, 0.3) is 0 Å². The Bertz CT molecular complexity index is 454. The number of aryl methyl sites for hydroxylation is 1. The minimum atomic E-state index is -1.01. The summed E-state index contributed by atoms with van der Waals surface area (Å²) in [4.78, 5) is 10.8. The Morgan fingerprint density at radius 2 is 2.24 bits per heavy atom. The van der Waals surface area contributed by atoms with Gasteiger partial charge >= 0.3 is 5.97 Å². The molecule has 3 N–H and O–H groups in total. The van der Waals surface area contributed by atoms with E-state index in [0.717, 1.165) is 24.2 Å². The average Bonchev–Trinajstić information content (AvgIpc) is 2.26. The number of nitrogens with two attached hydrogens (primary N) is 1. The van der Waals surface area contributed by atoms with Gasteiger partial charge in [-0.25, -0.2) is 0 Å². The van der Waals surface area contributed by atoms with Crippen LogP contribution in [0.1, 0.15) is 37.4 Å². The first kappa shape index (κ1) is 11.9. The molecule has 1 aliphatic heterocycles. The number of aliphatic carboxylic acids is 1. The van der Waals surface area contributed by atoms with E-state index < -0.39 is 12.0 Å². The average molecular weight is 235 g/mol. The molecule has 0 saturated heterocycles. The lowest BCUT2D eigenvalue weighted by molar-refractivity contribution is -0.138. The Hall–Kier alpha value is -1.55. The molecule has 2 rings (SSSR count). The van der Waals surface area contributed by atoms with Crippen LogP contribution >= 0.6 is 0 Å². The summed E-state index contributed by atoms with van der Waals surface area (Å²) in [6.07, 6.45) is 1.81.